The molecule has 0 unspecified atom stereocenters. The number of hydrogen-bond acceptors (Lipinski definition) is 2. The molecule has 2 aromatic rings. The maximum absolute atomic E-state index is 12.5. The molecule has 0 aliphatic carbocycles. The molecule has 138 valence electrons. The lowest BCUT2D eigenvalue weighted by Gasteiger charge is -2.23. The third-order valence-electron chi connectivity index (χ3n) is 4.09. The smallest absolute Gasteiger partial charge is 0.239 e. The molecule has 0 heterocycles. The van der Waals surface area contributed by atoms with Gasteiger partial charge in [-0.05, 0) is 50.5 Å². The average Bonchev–Trinajstić information content (AvgIpc) is 2.61. The number of amides is 2. The van der Waals surface area contributed by atoms with E-state index in [0.29, 0.717) is 22.3 Å². The standard InChI is InChI=1S/C20H22Cl2N2O2/c1-20(2,19(26)24-17-11-10-15(21)13-16(17)22)18(25)23-12-6-9-14-7-4-3-5-8-14/h3-5,7-8,10-11,13H,6,9,12H2,1-2H3,(H,23,25)(H,24,26). The van der Waals surface area contributed by atoms with E-state index in [0.717, 1.165) is 12.8 Å². The Morgan fingerprint density at radius 3 is 2.35 bits per heavy atom. The number of aryl methyl sites for hydroxylation is 1. The lowest BCUT2D eigenvalue weighted by atomic mass is 9.91. The number of carbonyl (C=O) groups is 2. The van der Waals surface area contributed by atoms with E-state index >= 15 is 0 Å². The van der Waals surface area contributed by atoms with Crippen molar-refractivity contribution in [3.8, 4) is 0 Å². The molecule has 0 aliphatic heterocycles. The molecule has 2 rings (SSSR count). The van der Waals surface area contributed by atoms with Crippen LogP contribution in [0.1, 0.15) is 25.8 Å². The Balaban J connectivity index is 1.86. The van der Waals surface area contributed by atoms with Gasteiger partial charge < -0.3 is 10.6 Å². The summed E-state index contributed by atoms with van der Waals surface area (Å²) in [6.07, 6.45) is 1.67. The summed E-state index contributed by atoms with van der Waals surface area (Å²) in [5.41, 5.74) is 0.414. The van der Waals surface area contributed by atoms with Crippen molar-refractivity contribution in [2.45, 2.75) is 26.7 Å². The van der Waals surface area contributed by atoms with Crippen LogP contribution in [-0.4, -0.2) is 18.4 Å². The Kier molecular flexibility index (Phi) is 7.06. The van der Waals surface area contributed by atoms with Gasteiger partial charge in [0, 0.05) is 11.6 Å². The highest BCUT2D eigenvalue weighted by atomic mass is 35.5. The topological polar surface area (TPSA) is 58.2 Å². The normalized spacial score (nSPS) is 11.1. The second-order valence-electron chi connectivity index (χ2n) is 6.55. The Labute approximate surface area is 163 Å². The molecular formula is C20H22Cl2N2O2. The van der Waals surface area contributed by atoms with Crippen LogP contribution in [-0.2, 0) is 16.0 Å². The fourth-order valence-electron chi connectivity index (χ4n) is 2.33. The molecule has 0 saturated carbocycles. The second kappa shape index (κ2) is 9.06. The van der Waals surface area contributed by atoms with Crippen LogP contribution in [0.4, 0.5) is 5.69 Å². The molecule has 2 aromatic carbocycles. The quantitative estimate of drug-likeness (QED) is 0.529. The van der Waals surface area contributed by atoms with Gasteiger partial charge in [-0.15, -0.1) is 0 Å². The summed E-state index contributed by atoms with van der Waals surface area (Å²) in [5, 5.41) is 6.31. The number of rotatable bonds is 7. The van der Waals surface area contributed by atoms with E-state index in [2.05, 4.69) is 22.8 Å². The Hall–Kier alpha value is -2.04. The Morgan fingerprint density at radius 2 is 1.69 bits per heavy atom. The third kappa shape index (κ3) is 5.48. The van der Waals surface area contributed by atoms with Gasteiger partial charge in [0.05, 0.1) is 10.7 Å². The van der Waals surface area contributed by atoms with Crippen molar-refractivity contribution >= 4 is 40.7 Å². The lowest BCUT2D eigenvalue weighted by molar-refractivity contribution is -0.138. The van der Waals surface area contributed by atoms with E-state index < -0.39 is 11.3 Å². The van der Waals surface area contributed by atoms with Gasteiger partial charge in [0.15, 0.2) is 0 Å². The Bertz CT molecular complexity index is 777. The number of halogens is 2. The van der Waals surface area contributed by atoms with E-state index in [4.69, 9.17) is 23.2 Å². The van der Waals surface area contributed by atoms with Gasteiger partial charge in [-0.1, -0.05) is 53.5 Å². The van der Waals surface area contributed by atoms with Gasteiger partial charge >= 0.3 is 0 Å². The molecule has 4 nitrogen and oxygen atoms in total. The van der Waals surface area contributed by atoms with Crippen molar-refractivity contribution < 1.29 is 9.59 Å². The SMILES string of the molecule is CC(C)(C(=O)NCCCc1ccccc1)C(=O)Nc1ccc(Cl)cc1Cl. The Morgan fingerprint density at radius 1 is 1.00 bits per heavy atom. The first-order valence-electron chi connectivity index (χ1n) is 8.39. The van der Waals surface area contributed by atoms with Gasteiger partial charge in [-0.25, -0.2) is 0 Å². The predicted molar refractivity (Wildman–Crippen MR) is 107 cm³/mol. The van der Waals surface area contributed by atoms with Gasteiger partial charge in [0.25, 0.3) is 0 Å². The zero-order chi connectivity index (χ0) is 19.2. The molecule has 26 heavy (non-hydrogen) atoms. The van der Waals surface area contributed by atoms with Crippen LogP contribution in [0.15, 0.2) is 48.5 Å². The second-order valence-corrected chi connectivity index (χ2v) is 7.39. The van der Waals surface area contributed by atoms with Gasteiger partial charge in [-0.3, -0.25) is 9.59 Å². The molecule has 0 saturated heterocycles. The number of hydrogen-bond donors (Lipinski definition) is 2. The van der Waals surface area contributed by atoms with E-state index in [1.807, 2.05) is 18.2 Å². The number of anilines is 1. The van der Waals surface area contributed by atoms with Crippen molar-refractivity contribution in [2.24, 2.45) is 5.41 Å². The van der Waals surface area contributed by atoms with Crippen LogP contribution in [0.25, 0.3) is 0 Å². The molecule has 0 aromatic heterocycles. The molecule has 0 aliphatic rings. The number of benzene rings is 2. The van der Waals surface area contributed by atoms with E-state index in [-0.39, 0.29) is 5.91 Å². The van der Waals surface area contributed by atoms with Crippen LogP contribution in [0.5, 0.6) is 0 Å². The molecule has 0 spiro atoms. The van der Waals surface area contributed by atoms with Gasteiger partial charge in [0.1, 0.15) is 5.41 Å². The maximum Gasteiger partial charge on any atom is 0.239 e. The first kappa shape index (κ1) is 20.3. The zero-order valence-electron chi connectivity index (χ0n) is 14.8. The number of nitrogens with one attached hydrogen (secondary N) is 2. The van der Waals surface area contributed by atoms with Crippen LogP contribution in [0.3, 0.4) is 0 Å². The van der Waals surface area contributed by atoms with Crippen molar-refractivity contribution in [3.63, 3.8) is 0 Å². The largest absolute Gasteiger partial charge is 0.355 e. The summed E-state index contributed by atoms with van der Waals surface area (Å²) in [4.78, 5) is 24.9. The lowest BCUT2D eigenvalue weighted by Crippen LogP contribution is -2.45. The first-order chi connectivity index (χ1) is 12.3. The fourth-order valence-corrected chi connectivity index (χ4v) is 2.79. The van der Waals surface area contributed by atoms with E-state index in [9.17, 15) is 9.59 Å². The van der Waals surface area contributed by atoms with Gasteiger partial charge in [-0.2, -0.15) is 0 Å². The van der Waals surface area contributed by atoms with Crippen molar-refractivity contribution in [3.05, 3.63) is 64.1 Å². The average molecular weight is 393 g/mol. The predicted octanol–water partition coefficient (Wildman–Crippen LogP) is 4.71. The van der Waals surface area contributed by atoms with Crippen LogP contribution >= 0.6 is 23.2 Å². The molecule has 0 bridgehead atoms. The molecule has 2 N–H and O–H groups in total. The monoisotopic (exact) mass is 392 g/mol. The minimum absolute atomic E-state index is 0.324. The molecule has 0 atom stereocenters. The number of carbonyl (C=O) groups excluding carboxylic acids is 2. The minimum atomic E-state index is -1.23. The zero-order valence-corrected chi connectivity index (χ0v) is 16.3. The third-order valence-corrected chi connectivity index (χ3v) is 4.63. The molecule has 0 radical (unpaired) electrons. The van der Waals surface area contributed by atoms with E-state index in [1.54, 1.807) is 26.0 Å². The van der Waals surface area contributed by atoms with Crippen molar-refractivity contribution in [1.82, 2.24) is 5.32 Å². The molecular weight excluding hydrogens is 371 g/mol. The highest BCUT2D eigenvalue weighted by Gasteiger charge is 2.36. The minimum Gasteiger partial charge on any atom is -0.355 e. The summed E-state index contributed by atoms with van der Waals surface area (Å²) >= 11 is 11.9. The van der Waals surface area contributed by atoms with Crippen LogP contribution < -0.4 is 10.6 Å². The summed E-state index contributed by atoms with van der Waals surface area (Å²) in [6, 6.07) is 14.8. The maximum atomic E-state index is 12.5. The highest BCUT2D eigenvalue weighted by Crippen LogP contribution is 2.27. The molecule has 0 fully saturated rings. The van der Waals surface area contributed by atoms with Crippen LogP contribution in [0, 0.1) is 5.41 Å². The molecule has 2 amide bonds. The van der Waals surface area contributed by atoms with Crippen molar-refractivity contribution in [2.75, 3.05) is 11.9 Å². The highest BCUT2D eigenvalue weighted by molar-refractivity contribution is 6.36. The van der Waals surface area contributed by atoms with Crippen LogP contribution in [0.2, 0.25) is 10.0 Å². The van der Waals surface area contributed by atoms with Crippen molar-refractivity contribution in [1.29, 1.82) is 0 Å². The summed E-state index contributed by atoms with van der Waals surface area (Å²) in [6.45, 7) is 3.67. The first-order valence-corrected chi connectivity index (χ1v) is 9.15. The fraction of sp³-hybridized carbons (Fsp3) is 0.300. The summed E-state index contributed by atoms with van der Waals surface area (Å²) in [5.74, 6) is -0.754. The summed E-state index contributed by atoms with van der Waals surface area (Å²) in [7, 11) is 0. The van der Waals surface area contributed by atoms with E-state index in [1.165, 1.54) is 11.6 Å². The summed E-state index contributed by atoms with van der Waals surface area (Å²) < 4.78 is 0. The molecule has 6 heteroatoms. The van der Waals surface area contributed by atoms with Gasteiger partial charge in [0.2, 0.25) is 11.8 Å².